The number of ether oxygens (including phenoxy) is 1. The van der Waals surface area contributed by atoms with Crippen LogP contribution in [0.5, 0.6) is 11.6 Å². The molecule has 0 fully saturated rings. The van der Waals surface area contributed by atoms with Gasteiger partial charge in [-0.05, 0) is 37.1 Å². The molecule has 0 bridgehead atoms. The molecule has 0 aliphatic heterocycles. The molecule has 0 saturated heterocycles. The summed E-state index contributed by atoms with van der Waals surface area (Å²) in [6.45, 7) is 3.72. The number of rotatable bonds is 4. The number of aryl methyl sites for hydroxylation is 2. The van der Waals surface area contributed by atoms with Gasteiger partial charge in [-0.15, -0.1) is 0 Å². The average molecular weight is 261 g/mol. The van der Waals surface area contributed by atoms with Crippen LogP contribution in [0.15, 0.2) is 24.3 Å². The third-order valence-electron chi connectivity index (χ3n) is 2.59. The molecule has 0 amide bonds. The molecule has 2 aromatic rings. The molecule has 0 aliphatic rings. The summed E-state index contributed by atoms with van der Waals surface area (Å²) >= 11 is 0. The Kier molecular flexibility index (Phi) is 3.94. The van der Waals surface area contributed by atoms with Gasteiger partial charge in [0.05, 0.1) is 0 Å². The highest BCUT2D eigenvalue weighted by molar-refractivity contribution is 5.37. The van der Waals surface area contributed by atoms with Gasteiger partial charge >= 0.3 is 0 Å². The van der Waals surface area contributed by atoms with Gasteiger partial charge in [0.2, 0.25) is 5.88 Å². The van der Waals surface area contributed by atoms with Gasteiger partial charge in [0, 0.05) is 12.5 Å². The molecule has 0 saturated carbocycles. The lowest BCUT2D eigenvalue weighted by Crippen LogP contribution is -2.01. The number of aromatic nitrogens is 2. The topological polar surface area (TPSA) is 61.0 Å². The van der Waals surface area contributed by atoms with Crippen LogP contribution >= 0.6 is 0 Å². The summed E-state index contributed by atoms with van der Waals surface area (Å²) in [5.74, 6) is 1.66. The van der Waals surface area contributed by atoms with Crippen molar-refractivity contribution in [1.29, 1.82) is 0 Å². The van der Waals surface area contributed by atoms with E-state index in [1.165, 1.54) is 6.07 Å². The fourth-order valence-electron chi connectivity index (χ4n) is 1.68. The molecule has 0 spiro atoms. The van der Waals surface area contributed by atoms with E-state index >= 15 is 0 Å². The van der Waals surface area contributed by atoms with Crippen LogP contribution in [0, 0.1) is 12.7 Å². The van der Waals surface area contributed by atoms with Gasteiger partial charge in [0.25, 0.3) is 0 Å². The van der Waals surface area contributed by atoms with Crippen molar-refractivity contribution >= 4 is 5.82 Å². The molecule has 2 rings (SSSR count). The lowest BCUT2D eigenvalue weighted by Gasteiger charge is -2.08. The van der Waals surface area contributed by atoms with E-state index in [1.54, 1.807) is 25.1 Å². The average Bonchev–Trinajstić information content (AvgIpc) is 2.33. The molecule has 1 aromatic heterocycles. The van der Waals surface area contributed by atoms with Gasteiger partial charge in [0.1, 0.15) is 23.2 Å². The highest BCUT2D eigenvalue weighted by Crippen LogP contribution is 2.23. The minimum absolute atomic E-state index is 0.263. The summed E-state index contributed by atoms with van der Waals surface area (Å²) in [7, 11) is 0. The normalized spacial score (nSPS) is 10.5. The molecular formula is C14H16FN3O. The fraction of sp³-hybridized carbons (Fsp3) is 0.286. The molecule has 0 atom stereocenters. The number of hydrogen-bond donors (Lipinski definition) is 1. The number of anilines is 1. The number of nitrogens with two attached hydrogens (primary N) is 1. The molecule has 0 radical (unpaired) electrons. The van der Waals surface area contributed by atoms with Crippen LogP contribution in [0.3, 0.4) is 0 Å². The molecule has 5 heteroatoms. The summed E-state index contributed by atoms with van der Waals surface area (Å²) in [6, 6.07) is 6.09. The zero-order valence-electron chi connectivity index (χ0n) is 11.0. The van der Waals surface area contributed by atoms with E-state index in [2.05, 4.69) is 9.97 Å². The lowest BCUT2D eigenvalue weighted by molar-refractivity contribution is 0.456. The first-order valence-electron chi connectivity index (χ1n) is 6.16. The molecule has 100 valence electrons. The lowest BCUT2D eigenvalue weighted by atomic mass is 10.2. The summed E-state index contributed by atoms with van der Waals surface area (Å²) < 4.78 is 18.7. The largest absolute Gasteiger partial charge is 0.439 e. The number of nitrogen functional groups attached to an aromatic ring is 1. The zero-order valence-corrected chi connectivity index (χ0v) is 11.0. The Hall–Kier alpha value is -2.17. The summed E-state index contributed by atoms with van der Waals surface area (Å²) in [5.41, 5.74) is 6.23. The highest BCUT2D eigenvalue weighted by atomic mass is 19.1. The van der Waals surface area contributed by atoms with Gasteiger partial charge in [-0.25, -0.2) is 9.37 Å². The summed E-state index contributed by atoms with van der Waals surface area (Å²) in [5, 5.41) is 0. The van der Waals surface area contributed by atoms with Crippen molar-refractivity contribution < 1.29 is 9.13 Å². The van der Waals surface area contributed by atoms with Crippen molar-refractivity contribution in [2.45, 2.75) is 26.7 Å². The molecule has 0 unspecified atom stereocenters. The second-order valence-electron chi connectivity index (χ2n) is 4.31. The Morgan fingerprint density at radius 3 is 2.74 bits per heavy atom. The van der Waals surface area contributed by atoms with Crippen molar-refractivity contribution in [3.63, 3.8) is 0 Å². The molecule has 1 heterocycles. The number of halogens is 1. The summed E-state index contributed by atoms with van der Waals surface area (Å²) in [4.78, 5) is 8.39. The number of nitrogens with zero attached hydrogens (tertiary/aromatic N) is 2. The Morgan fingerprint density at radius 2 is 2.05 bits per heavy atom. The van der Waals surface area contributed by atoms with Gasteiger partial charge in [-0.2, -0.15) is 4.98 Å². The first-order valence-corrected chi connectivity index (χ1v) is 6.16. The van der Waals surface area contributed by atoms with Crippen LogP contribution in [0.1, 0.15) is 24.7 Å². The second kappa shape index (κ2) is 5.65. The third-order valence-corrected chi connectivity index (χ3v) is 2.59. The Bertz CT molecular complexity index is 587. The van der Waals surface area contributed by atoms with Crippen LogP contribution in [0.4, 0.5) is 10.2 Å². The van der Waals surface area contributed by atoms with Crippen molar-refractivity contribution in [3.8, 4) is 11.6 Å². The van der Waals surface area contributed by atoms with Gasteiger partial charge in [-0.3, -0.25) is 0 Å². The van der Waals surface area contributed by atoms with E-state index in [4.69, 9.17) is 10.5 Å². The van der Waals surface area contributed by atoms with Crippen LogP contribution in [0.25, 0.3) is 0 Å². The predicted molar refractivity (Wildman–Crippen MR) is 71.7 cm³/mol. The quantitative estimate of drug-likeness (QED) is 0.917. The first kappa shape index (κ1) is 13.3. The molecule has 1 aromatic carbocycles. The van der Waals surface area contributed by atoms with Crippen molar-refractivity contribution in [3.05, 3.63) is 41.5 Å². The SMILES string of the molecule is CCCc1nc(N)cc(Oc2ccc(F)c(C)c2)n1. The minimum atomic E-state index is -0.263. The molecule has 19 heavy (non-hydrogen) atoms. The van der Waals surface area contributed by atoms with Gasteiger partial charge in [-0.1, -0.05) is 6.92 Å². The maximum absolute atomic E-state index is 13.2. The van der Waals surface area contributed by atoms with Gasteiger partial charge < -0.3 is 10.5 Å². The van der Waals surface area contributed by atoms with Crippen molar-refractivity contribution in [2.24, 2.45) is 0 Å². The third kappa shape index (κ3) is 3.40. The zero-order chi connectivity index (χ0) is 13.8. The van der Waals surface area contributed by atoms with E-state index < -0.39 is 0 Å². The second-order valence-corrected chi connectivity index (χ2v) is 4.31. The maximum atomic E-state index is 13.2. The molecule has 2 N–H and O–H groups in total. The summed E-state index contributed by atoms with van der Waals surface area (Å²) in [6.07, 6.45) is 1.67. The fourth-order valence-corrected chi connectivity index (χ4v) is 1.68. The minimum Gasteiger partial charge on any atom is -0.439 e. The predicted octanol–water partition coefficient (Wildman–Crippen LogP) is 3.25. The van der Waals surface area contributed by atoms with E-state index in [9.17, 15) is 4.39 Å². The van der Waals surface area contributed by atoms with Crippen LogP contribution in [0.2, 0.25) is 0 Å². The van der Waals surface area contributed by atoms with E-state index in [0.717, 1.165) is 12.8 Å². The van der Waals surface area contributed by atoms with Crippen molar-refractivity contribution in [2.75, 3.05) is 5.73 Å². The number of hydrogen-bond acceptors (Lipinski definition) is 4. The smallest absolute Gasteiger partial charge is 0.224 e. The molecular weight excluding hydrogens is 245 g/mol. The molecule has 4 nitrogen and oxygen atoms in total. The van der Waals surface area contributed by atoms with E-state index in [0.29, 0.717) is 28.8 Å². The van der Waals surface area contributed by atoms with E-state index in [1.807, 2.05) is 6.92 Å². The van der Waals surface area contributed by atoms with Crippen molar-refractivity contribution in [1.82, 2.24) is 9.97 Å². The van der Waals surface area contributed by atoms with E-state index in [-0.39, 0.29) is 5.82 Å². The first-order chi connectivity index (χ1) is 9.08. The number of benzene rings is 1. The van der Waals surface area contributed by atoms with Crippen LogP contribution in [-0.4, -0.2) is 9.97 Å². The highest BCUT2D eigenvalue weighted by Gasteiger charge is 2.06. The Balaban J connectivity index is 2.24. The monoisotopic (exact) mass is 261 g/mol. The van der Waals surface area contributed by atoms with Gasteiger partial charge in [0.15, 0.2) is 0 Å². The Morgan fingerprint density at radius 1 is 1.26 bits per heavy atom. The Labute approximate surface area is 111 Å². The molecule has 0 aliphatic carbocycles. The van der Waals surface area contributed by atoms with Crippen LogP contribution in [-0.2, 0) is 6.42 Å². The van der Waals surface area contributed by atoms with Crippen LogP contribution < -0.4 is 10.5 Å². The maximum Gasteiger partial charge on any atom is 0.224 e. The standard InChI is InChI=1S/C14H16FN3O/c1-3-4-13-17-12(16)8-14(18-13)19-10-5-6-11(15)9(2)7-10/h5-8H,3-4H2,1-2H3,(H2,16,17,18).